The topological polar surface area (TPSA) is 53.1 Å². The Morgan fingerprint density at radius 2 is 1.79 bits per heavy atom. The van der Waals surface area contributed by atoms with Gasteiger partial charge in [-0.3, -0.25) is 19.4 Å². The molecule has 1 unspecified atom stereocenters. The molecule has 0 aromatic heterocycles. The van der Waals surface area contributed by atoms with Gasteiger partial charge >= 0.3 is 0 Å². The maximum Gasteiger partial charge on any atom is 0.293 e. The van der Waals surface area contributed by atoms with Gasteiger partial charge in [0.1, 0.15) is 5.60 Å². The summed E-state index contributed by atoms with van der Waals surface area (Å²) >= 11 is 0. The summed E-state index contributed by atoms with van der Waals surface area (Å²) in [6, 6.07) is 0. The van der Waals surface area contributed by atoms with Crippen molar-refractivity contribution in [3.63, 3.8) is 0 Å². The van der Waals surface area contributed by atoms with Gasteiger partial charge in [0.2, 0.25) is 6.41 Å². The molecule has 112 valence electrons. The van der Waals surface area contributed by atoms with Crippen molar-refractivity contribution >= 4 is 12.9 Å². The van der Waals surface area contributed by atoms with Gasteiger partial charge in [-0.25, -0.2) is 0 Å². The number of amides is 1. The highest BCUT2D eigenvalue weighted by molar-refractivity contribution is 5.47. The number of likely N-dealkylation sites (N-methyl/N-ethyl adjacent to an activating group) is 2. The number of hydrogen-bond acceptors (Lipinski definition) is 5. The quantitative estimate of drug-likeness (QED) is 0.689. The molecule has 0 saturated carbocycles. The maximum atomic E-state index is 10.5. The summed E-state index contributed by atoms with van der Waals surface area (Å²) in [5.74, 6) is 0. The highest BCUT2D eigenvalue weighted by atomic mass is 16.5. The number of carbonyl (C=O) groups is 2. The van der Waals surface area contributed by atoms with Crippen LogP contribution in [0, 0.1) is 0 Å². The zero-order valence-corrected chi connectivity index (χ0v) is 12.9. The predicted octanol–water partition coefficient (Wildman–Crippen LogP) is 0.236. The minimum Gasteiger partial charge on any atom is -0.462 e. The Balaban J connectivity index is 0.000000399. The molecule has 0 bridgehead atoms. The number of piperazine rings is 1. The van der Waals surface area contributed by atoms with Crippen LogP contribution in [0.25, 0.3) is 0 Å². The van der Waals surface area contributed by atoms with E-state index in [1.54, 1.807) is 0 Å². The van der Waals surface area contributed by atoms with Gasteiger partial charge in [0.25, 0.3) is 6.47 Å². The maximum absolute atomic E-state index is 10.5. The van der Waals surface area contributed by atoms with Crippen LogP contribution >= 0.6 is 0 Å². The number of rotatable bonds is 3. The van der Waals surface area contributed by atoms with E-state index in [0.29, 0.717) is 12.6 Å². The fourth-order valence-corrected chi connectivity index (χ4v) is 1.67. The molecule has 1 rings (SSSR count). The highest BCUT2D eigenvalue weighted by Crippen LogP contribution is 2.07. The summed E-state index contributed by atoms with van der Waals surface area (Å²) in [6.45, 7) is 8.54. The van der Waals surface area contributed by atoms with Crippen LogP contribution in [0.5, 0.6) is 0 Å². The lowest BCUT2D eigenvalue weighted by atomic mass is 10.2. The van der Waals surface area contributed by atoms with Crippen LogP contribution in [0.4, 0.5) is 0 Å². The molecule has 1 aliphatic heterocycles. The highest BCUT2D eigenvalue weighted by Gasteiger charge is 2.24. The van der Waals surface area contributed by atoms with Crippen molar-refractivity contribution in [1.29, 1.82) is 0 Å². The summed E-state index contributed by atoms with van der Waals surface area (Å²) in [4.78, 5) is 26.3. The monoisotopic (exact) mass is 273 g/mol. The number of hydrogen-bond donors (Lipinski definition) is 0. The Bertz CT molecular complexity index is 277. The second kappa shape index (κ2) is 8.12. The Hall–Kier alpha value is -1.14. The molecule has 1 heterocycles. The SMILES string of the molecule is CC(C)(C)OC=O.CN(C)C1CN(C=O)CCN1C. The van der Waals surface area contributed by atoms with Crippen molar-refractivity contribution in [3.8, 4) is 0 Å². The van der Waals surface area contributed by atoms with Gasteiger partial charge in [-0.05, 0) is 41.9 Å². The van der Waals surface area contributed by atoms with Crippen molar-refractivity contribution in [3.05, 3.63) is 0 Å². The van der Waals surface area contributed by atoms with Gasteiger partial charge in [-0.1, -0.05) is 0 Å². The smallest absolute Gasteiger partial charge is 0.293 e. The van der Waals surface area contributed by atoms with E-state index in [2.05, 4.69) is 21.6 Å². The first-order valence-corrected chi connectivity index (χ1v) is 6.38. The molecule has 0 aliphatic carbocycles. The molecule has 0 N–H and O–H groups in total. The van der Waals surface area contributed by atoms with Crippen LogP contribution in [0.1, 0.15) is 20.8 Å². The van der Waals surface area contributed by atoms with E-state index in [-0.39, 0.29) is 5.60 Å². The molecule has 0 radical (unpaired) electrons. The van der Waals surface area contributed by atoms with Crippen molar-refractivity contribution in [2.75, 3.05) is 40.8 Å². The molecule has 0 aromatic carbocycles. The van der Waals surface area contributed by atoms with Crippen LogP contribution in [0.15, 0.2) is 0 Å². The van der Waals surface area contributed by atoms with Crippen LogP contribution in [0.2, 0.25) is 0 Å². The number of nitrogens with zero attached hydrogens (tertiary/aromatic N) is 3. The standard InChI is InChI=1S/C8H17N3O.C5H10O2/c1-9(2)8-6-11(7-12)5-4-10(8)3;1-5(2,3)7-4-6/h7-8H,4-6H2,1-3H3;4H,1-3H3. The van der Waals surface area contributed by atoms with Crippen LogP contribution < -0.4 is 0 Å². The lowest BCUT2D eigenvalue weighted by molar-refractivity contribution is -0.138. The minimum absolute atomic E-state index is 0.318. The third-order valence-electron chi connectivity index (χ3n) is 2.79. The second-order valence-electron chi connectivity index (χ2n) is 5.85. The molecule has 0 aromatic rings. The van der Waals surface area contributed by atoms with Crippen LogP contribution in [0.3, 0.4) is 0 Å². The molecule has 6 nitrogen and oxygen atoms in total. The molecular weight excluding hydrogens is 246 g/mol. The van der Waals surface area contributed by atoms with E-state index in [9.17, 15) is 9.59 Å². The number of carbonyl (C=O) groups excluding carboxylic acids is 2. The summed E-state index contributed by atoms with van der Waals surface area (Å²) in [6.07, 6.45) is 1.30. The Kier molecular flexibility index (Phi) is 7.63. The van der Waals surface area contributed by atoms with E-state index >= 15 is 0 Å². The van der Waals surface area contributed by atoms with Crippen molar-refractivity contribution in [2.45, 2.75) is 32.5 Å². The molecule has 1 saturated heterocycles. The van der Waals surface area contributed by atoms with Gasteiger partial charge in [-0.2, -0.15) is 0 Å². The zero-order valence-electron chi connectivity index (χ0n) is 12.9. The fraction of sp³-hybridized carbons (Fsp3) is 0.846. The lowest BCUT2D eigenvalue weighted by Crippen LogP contribution is -2.56. The van der Waals surface area contributed by atoms with Crippen molar-refractivity contribution < 1.29 is 14.3 Å². The van der Waals surface area contributed by atoms with Gasteiger partial charge < -0.3 is 9.64 Å². The Labute approximate surface area is 116 Å². The van der Waals surface area contributed by atoms with Crippen molar-refractivity contribution in [1.82, 2.24) is 14.7 Å². The van der Waals surface area contributed by atoms with E-state index in [4.69, 9.17) is 0 Å². The zero-order chi connectivity index (χ0) is 15.1. The summed E-state index contributed by atoms with van der Waals surface area (Å²) in [5, 5.41) is 0. The molecular formula is C13H27N3O3. The van der Waals surface area contributed by atoms with Gasteiger partial charge in [0, 0.05) is 19.6 Å². The summed E-state index contributed by atoms with van der Waals surface area (Å²) in [5.41, 5.74) is -0.318. The third kappa shape index (κ3) is 7.79. The molecule has 0 spiro atoms. The Morgan fingerprint density at radius 3 is 2.11 bits per heavy atom. The average Bonchev–Trinajstić information content (AvgIpc) is 2.28. The summed E-state index contributed by atoms with van der Waals surface area (Å²) < 4.78 is 4.55. The summed E-state index contributed by atoms with van der Waals surface area (Å²) in [7, 11) is 6.16. The predicted molar refractivity (Wildman–Crippen MR) is 74.6 cm³/mol. The van der Waals surface area contributed by atoms with Crippen molar-refractivity contribution in [2.24, 2.45) is 0 Å². The number of ether oxygens (including phenoxy) is 1. The van der Waals surface area contributed by atoms with Gasteiger partial charge in [-0.15, -0.1) is 0 Å². The lowest BCUT2D eigenvalue weighted by Gasteiger charge is -2.41. The van der Waals surface area contributed by atoms with E-state index in [1.165, 1.54) is 0 Å². The molecule has 19 heavy (non-hydrogen) atoms. The molecule has 6 heteroatoms. The average molecular weight is 273 g/mol. The van der Waals surface area contributed by atoms with Crippen LogP contribution in [-0.4, -0.2) is 80.1 Å². The first kappa shape index (κ1) is 17.9. The van der Waals surface area contributed by atoms with Gasteiger partial charge in [0.05, 0.1) is 6.17 Å². The van der Waals surface area contributed by atoms with E-state index in [0.717, 1.165) is 26.0 Å². The molecule has 1 aliphatic rings. The largest absolute Gasteiger partial charge is 0.462 e. The fourth-order valence-electron chi connectivity index (χ4n) is 1.67. The Morgan fingerprint density at radius 1 is 1.21 bits per heavy atom. The van der Waals surface area contributed by atoms with Crippen LogP contribution in [-0.2, 0) is 14.3 Å². The first-order valence-electron chi connectivity index (χ1n) is 6.38. The molecule has 1 atom stereocenters. The molecule has 1 fully saturated rings. The van der Waals surface area contributed by atoms with E-state index < -0.39 is 0 Å². The molecule has 1 amide bonds. The van der Waals surface area contributed by atoms with E-state index in [1.807, 2.05) is 39.8 Å². The normalized spacial score (nSPS) is 20.6. The minimum atomic E-state index is -0.318. The van der Waals surface area contributed by atoms with Gasteiger partial charge in [0.15, 0.2) is 0 Å². The second-order valence-corrected chi connectivity index (χ2v) is 5.85. The first-order chi connectivity index (χ1) is 8.71. The third-order valence-corrected chi connectivity index (χ3v) is 2.79.